The average molecular weight is 271 g/mol. The van der Waals surface area contributed by atoms with E-state index in [4.69, 9.17) is 9.47 Å². The number of rotatable bonds is 1. The summed E-state index contributed by atoms with van der Waals surface area (Å²) in [5.74, 6) is 1.89. The Morgan fingerprint density at radius 2 is 2.13 bits per heavy atom. The van der Waals surface area contributed by atoms with Gasteiger partial charge in [0, 0.05) is 11.0 Å². The van der Waals surface area contributed by atoms with E-state index in [1.165, 1.54) is 5.56 Å². The van der Waals surface area contributed by atoms with Crippen LogP contribution in [0.4, 0.5) is 0 Å². The largest absolute Gasteiger partial charge is 0.495 e. The second kappa shape index (κ2) is 3.41. The lowest BCUT2D eigenvalue weighted by molar-refractivity contribution is 0.288. The highest BCUT2D eigenvalue weighted by Crippen LogP contribution is 2.49. The third-order valence-corrected chi connectivity index (χ3v) is 3.42. The lowest BCUT2D eigenvalue weighted by Crippen LogP contribution is -2.19. The maximum absolute atomic E-state index is 5.74. The zero-order valence-electron chi connectivity index (χ0n) is 9.48. The summed E-state index contributed by atoms with van der Waals surface area (Å²) in [4.78, 5) is 0. The molecule has 0 aromatic heterocycles. The van der Waals surface area contributed by atoms with Gasteiger partial charge in [-0.2, -0.15) is 0 Å². The molecular formula is C12H15BrO2. The number of benzene rings is 1. The molecule has 1 aliphatic rings. The molecule has 0 unspecified atom stereocenters. The Morgan fingerprint density at radius 1 is 1.47 bits per heavy atom. The maximum Gasteiger partial charge on any atom is 0.140 e. The Bertz CT molecular complexity index is 411. The Hall–Kier alpha value is -0.700. The molecule has 1 heterocycles. The van der Waals surface area contributed by atoms with Crippen molar-refractivity contribution >= 4 is 15.9 Å². The van der Waals surface area contributed by atoms with Gasteiger partial charge in [0.2, 0.25) is 0 Å². The molecule has 3 heteroatoms. The van der Waals surface area contributed by atoms with E-state index in [0.29, 0.717) is 0 Å². The van der Waals surface area contributed by atoms with E-state index in [0.717, 1.165) is 28.1 Å². The number of methoxy groups -OCH3 is 1. The van der Waals surface area contributed by atoms with Crippen molar-refractivity contribution in [3.63, 3.8) is 0 Å². The van der Waals surface area contributed by atoms with Crippen LogP contribution in [0.5, 0.6) is 11.5 Å². The molecule has 1 aliphatic heterocycles. The molecule has 1 aromatic carbocycles. The minimum atomic E-state index is 0.0230. The molecular weight excluding hydrogens is 256 g/mol. The van der Waals surface area contributed by atoms with Crippen LogP contribution in [0.1, 0.15) is 25.0 Å². The van der Waals surface area contributed by atoms with E-state index in [1.807, 2.05) is 6.07 Å². The summed E-state index contributed by atoms with van der Waals surface area (Å²) in [6.45, 7) is 7.13. The van der Waals surface area contributed by atoms with Crippen LogP contribution < -0.4 is 9.47 Å². The summed E-state index contributed by atoms with van der Waals surface area (Å²) in [7, 11) is 1.70. The molecule has 1 aromatic rings. The molecule has 0 atom stereocenters. The van der Waals surface area contributed by atoms with Crippen LogP contribution in [0, 0.1) is 6.92 Å². The van der Waals surface area contributed by atoms with E-state index < -0.39 is 0 Å². The van der Waals surface area contributed by atoms with Crippen molar-refractivity contribution in [1.29, 1.82) is 0 Å². The molecule has 82 valence electrons. The normalized spacial score (nSPS) is 17.1. The molecule has 0 spiro atoms. The molecule has 0 saturated heterocycles. The zero-order valence-corrected chi connectivity index (χ0v) is 11.1. The van der Waals surface area contributed by atoms with Gasteiger partial charge in [-0.25, -0.2) is 0 Å². The predicted molar refractivity (Wildman–Crippen MR) is 64.0 cm³/mol. The third kappa shape index (κ3) is 1.53. The van der Waals surface area contributed by atoms with Gasteiger partial charge in [0.05, 0.1) is 18.2 Å². The summed E-state index contributed by atoms with van der Waals surface area (Å²) in [6.07, 6.45) is 0. The highest BCUT2D eigenvalue weighted by Gasteiger charge is 2.37. The molecule has 2 rings (SSSR count). The summed E-state index contributed by atoms with van der Waals surface area (Å²) in [6, 6.07) is 2.04. The van der Waals surface area contributed by atoms with Gasteiger partial charge >= 0.3 is 0 Å². The van der Waals surface area contributed by atoms with Crippen LogP contribution in [0.15, 0.2) is 10.5 Å². The van der Waals surface area contributed by atoms with E-state index >= 15 is 0 Å². The fourth-order valence-corrected chi connectivity index (χ4v) is 2.77. The minimum Gasteiger partial charge on any atom is -0.495 e. The van der Waals surface area contributed by atoms with Crippen molar-refractivity contribution in [3.05, 3.63) is 21.7 Å². The molecule has 0 saturated carbocycles. The van der Waals surface area contributed by atoms with Crippen LogP contribution in [0.3, 0.4) is 0 Å². The van der Waals surface area contributed by atoms with Gasteiger partial charge < -0.3 is 9.47 Å². The van der Waals surface area contributed by atoms with Gasteiger partial charge in [-0.1, -0.05) is 13.8 Å². The van der Waals surface area contributed by atoms with Gasteiger partial charge in [-0.3, -0.25) is 0 Å². The Balaban J connectivity index is 2.74. The SMILES string of the molecule is COc1c(Br)cc(C)c2c1C(C)(C)CO2. The first-order valence-electron chi connectivity index (χ1n) is 4.98. The van der Waals surface area contributed by atoms with E-state index in [-0.39, 0.29) is 5.41 Å². The first-order valence-corrected chi connectivity index (χ1v) is 5.77. The lowest BCUT2D eigenvalue weighted by atomic mass is 9.85. The zero-order chi connectivity index (χ0) is 11.2. The number of halogens is 1. The molecule has 0 N–H and O–H groups in total. The molecule has 0 aliphatic carbocycles. The van der Waals surface area contributed by atoms with Gasteiger partial charge in [0.15, 0.2) is 0 Å². The lowest BCUT2D eigenvalue weighted by Gasteiger charge is -2.19. The fraction of sp³-hybridized carbons (Fsp3) is 0.500. The van der Waals surface area contributed by atoms with Crippen LogP contribution in [0.25, 0.3) is 0 Å². The Morgan fingerprint density at radius 3 is 2.73 bits per heavy atom. The summed E-state index contributed by atoms with van der Waals surface area (Å²) in [5, 5.41) is 0. The third-order valence-electron chi connectivity index (χ3n) is 2.83. The first-order chi connectivity index (χ1) is 6.97. The smallest absolute Gasteiger partial charge is 0.140 e. The molecule has 0 bridgehead atoms. The molecule has 15 heavy (non-hydrogen) atoms. The van der Waals surface area contributed by atoms with Crippen molar-refractivity contribution in [3.8, 4) is 11.5 Å². The van der Waals surface area contributed by atoms with Crippen molar-refractivity contribution in [2.75, 3.05) is 13.7 Å². The Kier molecular flexibility index (Phi) is 2.45. The monoisotopic (exact) mass is 270 g/mol. The second-order valence-corrected chi connectivity index (χ2v) is 5.44. The van der Waals surface area contributed by atoms with Crippen molar-refractivity contribution in [2.24, 2.45) is 0 Å². The van der Waals surface area contributed by atoms with Crippen LogP contribution in [-0.4, -0.2) is 13.7 Å². The number of fused-ring (bicyclic) bond motifs is 1. The molecule has 0 radical (unpaired) electrons. The predicted octanol–water partition coefficient (Wildman–Crippen LogP) is 3.44. The number of hydrogen-bond donors (Lipinski definition) is 0. The van der Waals surface area contributed by atoms with Gasteiger partial charge in [0.25, 0.3) is 0 Å². The van der Waals surface area contributed by atoms with Gasteiger partial charge in [0.1, 0.15) is 11.5 Å². The summed E-state index contributed by atoms with van der Waals surface area (Å²) in [5.41, 5.74) is 2.36. The van der Waals surface area contributed by atoms with Crippen LogP contribution >= 0.6 is 15.9 Å². The number of hydrogen-bond acceptors (Lipinski definition) is 2. The average Bonchev–Trinajstić information content (AvgIpc) is 2.44. The van der Waals surface area contributed by atoms with Crippen LogP contribution in [-0.2, 0) is 5.41 Å². The first kappa shape index (κ1) is 10.8. The topological polar surface area (TPSA) is 18.5 Å². The van der Waals surface area contributed by atoms with E-state index in [9.17, 15) is 0 Å². The van der Waals surface area contributed by atoms with E-state index in [1.54, 1.807) is 7.11 Å². The van der Waals surface area contributed by atoms with Crippen LogP contribution in [0.2, 0.25) is 0 Å². The highest BCUT2D eigenvalue weighted by molar-refractivity contribution is 9.10. The maximum atomic E-state index is 5.74. The minimum absolute atomic E-state index is 0.0230. The molecule has 0 amide bonds. The highest BCUT2D eigenvalue weighted by atomic mass is 79.9. The molecule has 0 fully saturated rings. The van der Waals surface area contributed by atoms with Gasteiger partial charge in [-0.05, 0) is 34.5 Å². The summed E-state index contributed by atoms with van der Waals surface area (Å²) >= 11 is 3.53. The standard InChI is InChI=1S/C12H15BrO2/c1-7-5-8(13)11(14-4)9-10(7)15-6-12(9,2)3/h5H,6H2,1-4H3. The molecule has 2 nitrogen and oxygen atoms in total. The van der Waals surface area contributed by atoms with Gasteiger partial charge in [-0.15, -0.1) is 0 Å². The van der Waals surface area contributed by atoms with E-state index in [2.05, 4.69) is 36.7 Å². The quantitative estimate of drug-likeness (QED) is 0.779. The second-order valence-electron chi connectivity index (χ2n) is 4.59. The summed E-state index contributed by atoms with van der Waals surface area (Å²) < 4.78 is 12.2. The number of ether oxygens (including phenoxy) is 2. The fourth-order valence-electron chi connectivity index (χ4n) is 2.07. The number of aryl methyl sites for hydroxylation is 1. The Labute approximate surface area is 98.7 Å². The van der Waals surface area contributed by atoms with Crippen molar-refractivity contribution in [2.45, 2.75) is 26.2 Å². The van der Waals surface area contributed by atoms with Crippen molar-refractivity contribution < 1.29 is 9.47 Å². The van der Waals surface area contributed by atoms with Crippen molar-refractivity contribution in [1.82, 2.24) is 0 Å².